The summed E-state index contributed by atoms with van der Waals surface area (Å²) in [6.07, 6.45) is 2.71. The molecule has 24 heavy (non-hydrogen) atoms. The van der Waals surface area contributed by atoms with Crippen LogP contribution in [0, 0.1) is 28.6 Å². The second kappa shape index (κ2) is 4.80. The molecule has 1 unspecified atom stereocenters. The molecule has 0 amide bonds. The third-order valence-electron chi connectivity index (χ3n) is 7.80. The summed E-state index contributed by atoms with van der Waals surface area (Å²) in [4.78, 5) is 24.5. The Kier molecular flexibility index (Phi) is 3.21. The molecule has 0 aromatic rings. The van der Waals surface area contributed by atoms with Gasteiger partial charge in [0.25, 0.3) is 0 Å². The van der Waals surface area contributed by atoms with E-state index in [1.54, 1.807) is 0 Å². The van der Waals surface area contributed by atoms with Gasteiger partial charge in [-0.1, -0.05) is 20.4 Å². The molecule has 6 atom stereocenters. The third-order valence-corrected chi connectivity index (χ3v) is 7.80. The maximum atomic E-state index is 14.2. The molecule has 3 saturated carbocycles. The summed E-state index contributed by atoms with van der Waals surface area (Å²) >= 11 is 0. The molecule has 0 spiro atoms. The molecule has 0 aromatic carbocycles. The number of ketones is 2. The molecule has 3 fully saturated rings. The molecule has 0 aromatic heterocycles. The Morgan fingerprint density at radius 2 is 1.88 bits per heavy atom. The van der Waals surface area contributed by atoms with Gasteiger partial charge in [0.2, 0.25) is 0 Å². The van der Waals surface area contributed by atoms with Crippen LogP contribution >= 0.6 is 0 Å². The van der Waals surface area contributed by atoms with Gasteiger partial charge in [0, 0.05) is 11.8 Å². The molecule has 4 heteroatoms. The van der Waals surface area contributed by atoms with Crippen LogP contribution in [0.4, 0.5) is 4.39 Å². The summed E-state index contributed by atoms with van der Waals surface area (Å²) in [7, 11) is 0. The summed E-state index contributed by atoms with van der Waals surface area (Å²) in [5.74, 6) is 0.563. The Balaban J connectivity index is 1.79. The number of hydrogen-bond acceptors (Lipinski definition) is 3. The Morgan fingerprint density at radius 3 is 2.58 bits per heavy atom. The summed E-state index contributed by atoms with van der Waals surface area (Å²) in [6.45, 7) is 8.39. The third kappa shape index (κ3) is 1.77. The number of alkyl halides is 1. The SMILES string of the molecule is C=C1C[C@@H]2[C@H](CC[C@]3(C)C(=O)C(F)C[C@@H]23)[C@@]2(C)CCC(=O)C(N)=C12. The van der Waals surface area contributed by atoms with Gasteiger partial charge in [0.05, 0.1) is 5.70 Å². The van der Waals surface area contributed by atoms with Crippen LogP contribution in [0.3, 0.4) is 0 Å². The molecular weight excluding hydrogens is 305 g/mol. The maximum absolute atomic E-state index is 14.2. The fourth-order valence-electron chi connectivity index (χ4n) is 6.54. The standard InChI is InChI=1S/C20H26FNO2/c1-10-8-11-12(19(2)7-5-15(23)17(22)16(10)19)4-6-20(3)13(11)9-14(21)18(20)24/h11-14H,1,4-9,22H2,2-3H3/t11-,12+,13+,14?,19-,20+/m1/s1. The number of allylic oxidation sites excluding steroid dienone is 2. The Labute approximate surface area is 142 Å². The summed E-state index contributed by atoms with van der Waals surface area (Å²) in [5, 5.41) is 0. The molecule has 0 aliphatic heterocycles. The van der Waals surface area contributed by atoms with Crippen LogP contribution in [0.2, 0.25) is 0 Å². The average molecular weight is 331 g/mol. The van der Waals surface area contributed by atoms with E-state index < -0.39 is 11.6 Å². The number of fused-ring (bicyclic) bond motifs is 5. The van der Waals surface area contributed by atoms with Gasteiger partial charge in [-0.2, -0.15) is 0 Å². The number of hydrogen-bond donors (Lipinski definition) is 1. The largest absolute Gasteiger partial charge is 0.396 e. The highest BCUT2D eigenvalue weighted by Crippen LogP contribution is 2.65. The molecule has 0 heterocycles. The normalized spacial score (nSPS) is 48.2. The van der Waals surface area contributed by atoms with Crippen molar-refractivity contribution < 1.29 is 14.0 Å². The van der Waals surface area contributed by atoms with Gasteiger partial charge in [-0.05, 0) is 66.4 Å². The predicted octanol–water partition coefficient (Wildman–Crippen LogP) is 3.49. The molecule has 4 aliphatic rings. The molecule has 0 saturated heterocycles. The van der Waals surface area contributed by atoms with E-state index in [1.165, 1.54) is 0 Å². The van der Waals surface area contributed by atoms with E-state index in [1.807, 2.05) is 6.92 Å². The molecule has 2 N–H and O–H groups in total. The number of rotatable bonds is 0. The van der Waals surface area contributed by atoms with Crippen molar-refractivity contribution in [3.05, 3.63) is 23.4 Å². The highest BCUT2D eigenvalue weighted by atomic mass is 19.1. The monoisotopic (exact) mass is 331 g/mol. The Hall–Kier alpha value is -1.45. The minimum atomic E-state index is -1.31. The van der Waals surface area contributed by atoms with Crippen LogP contribution in [0.15, 0.2) is 23.4 Å². The van der Waals surface area contributed by atoms with E-state index in [4.69, 9.17) is 5.73 Å². The van der Waals surface area contributed by atoms with Gasteiger partial charge in [-0.25, -0.2) is 4.39 Å². The minimum Gasteiger partial charge on any atom is -0.396 e. The lowest BCUT2D eigenvalue weighted by Crippen LogP contribution is -2.52. The molecule has 0 radical (unpaired) electrons. The number of carbonyl (C=O) groups is 2. The van der Waals surface area contributed by atoms with Crippen molar-refractivity contribution in [2.24, 2.45) is 34.3 Å². The molecular formula is C20H26FNO2. The van der Waals surface area contributed by atoms with Crippen LogP contribution in [-0.4, -0.2) is 17.7 Å². The zero-order valence-corrected chi connectivity index (χ0v) is 14.5. The van der Waals surface area contributed by atoms with Crippen molar-refractivity contribution in [1.29, 1.82) is 0 Å². The maximum Gasteiger partial charge on any atom is 0.178 e. The lowest BCUT2D eigenvalue weighted by molar-refractivity contribution is -0.134. The first-order valence-corrected chi connectivity index (χ1v) is 9.10. The van der Waals surface area contributed by atoms with E-state index in [9.17, 15) is 14.0 Å². The second-order valence-electron chi connectivity index (χ2n) is 8.84. The first-order chi connectivity index (χ1) is 11.2. The number of carbonyl (C=O) groups excluding carboxylic acids is 2. The predicted molar refractivity (Wildman–Crippen MR) is 89.6 cm³/mol. The van der Waals surface area contributed by atoms with Crippen molar-refractivity contribution in [2.45, 2.75) is 58.5 Å². The first kappa shape index (κ1) is 16.0. The van der Waals surface area contributed by atoms with Crippen LogP contribution in [-0.2, 0) is 9.59 Å². The topological polar surface area (TPSA) is 60.2 Å². The molecule has 3 nitrogen and oxygen atoms in total. The van der Waals surface area contributed by atoms with Crippen LogP contribution in [0.5, 0.6) is 0 Å². The van der Waals surface area contributed by atoms with E-state index in [2.05, 4.69) is 13.5 Å². The number of nitrogens with two attached hydrogens (primary N) is 1. The average Bonchev–Trinajstić information content (AvgIpc) is 2.75. The Bertz CT molecular complexity index is 696. The Morgan fingerprint density at radius 1 is 1.17 bits per heavy atom. The van der Waals surface area contributed by atoms with Crippen molar-refractivity contribution in [1.82, 2.24) is 0 Å². The van der Waals surface area contributed by atoms with Gasteiger partial charge >= 0.3 is 0 Å². The van der Waals surface area contributed by atoms with Gasteiger partial charge in [0.1, 0.15) is 0 Å². The molecule has 4 aliphatic carbocycles. The summed E-state index contributed by atoms with van der Waals surface area (Å²) in [5.41, 5.74) is 7.78. The highest BCUT2D eigenvalue weighted by Gasteiger charge is 2.62. The van der Waals surface area contributed by atoms with E-state index in [0.29, 0.717) is 24.5 Å². The zero-order valence-electron chi connectivity index (χ0n) is 14.5. The van der Waals surface area contributed by atoms with E-state index >= 15 is 0 Å². The lowest BCUT2D eigenvalue weighted by Gasteiger charge is -2.57. The van der Waals surface area contributed by atoms with Gasteiger partial charge < -0.3 is 5.73 Å². The minimum absolute atomic E-state index is 0.0302. The number of Topliss-reactive ketones (excluding diaryl/α,β-unsaturated/α-hetero) is 2. The van der Waals surface area contributed by atoms with Crippen molar-refractivity contribution >= 4 is 11.6 Å². The highest BCUT2D eigenvalue weighted by molar-refractivity contribution is 5.97. The van der Waals surface area contributed by atoms with E-state index in [0.717, 1.165) is 36.8 Å². The zero-order chi connectivity index (χ0) is 17.4. The quantitative estimate of drug-likeness (QED) is 0.739. The summed E-state index contributed by atoms with van der Waals surface area (Å²) in [6, 6.07) is 0. The van der Waals surface area contributed by atoms with Gasteiger partial charge in [-0.3, -0.25) is 9.59 Å². The molecule has 0 bridgehead atoms. The lowest BCUT2D eigenvalue weighted by atomic mass is 9.46. The fraction of sp³-hybridized carbons (Fsp3) is 0.700. The summed E-state index contributed by atoms with van der Waals surface area (Å²) < 4.78 is 14.2. The second-order valence-corrected chi connectivity index (χ2v) is 8.84. The van der Waals surface area contributed by atoms with Gasteiger partial charge in [0.15, 0.2) is 17.7 Å². The van der Waals surface area contributed by atoms with Crippen molar-refractivity contribution in [3.8, 4) is 0 Å². The van der Waals surface area contributed by atoms with Crippen LogP contribution in [0.25, 0.3) is 0 Å². The van der Waals surface area contributed by atoms with Crippen molar-refractivity contribution in [3.63, 3.8) is 0 Å². The molecule has 4 rings (SSSR count). The van der Waals surface area contributed by atoms with Crippen LogP contribution < -0.4 is 5.73 Å². The van der Waals surface area contributed by atoms with E-state index in [-0.39, 0.29) is 28.8 Å². The molecule has 130 valence electrons. The van der Waals surface area contributed by atoms with Crippen LogP contribution in [0.1, 0.15) is 52.4 Å². The number of halogens is 1. The van der Waals surface area contributed by atoms with Crippen molar-refractivity contribution in [2.75, 3.05) is 0 Å². The fourth-order valence-corrected chi connectivity index (χ4v) is 6.54. The van der Waals surface area contributed by atoms with Gasteiger partial charge in [-0.15, -0.1) is 0 Å². The smallest absolute Gasteiger partial charge is 0.178 e. The first-order valence-electron chi connectivity index (χ1n) is 9.10.